The van der Waals surface area contributed by atoms with Gasteiger partial charge in [-0.05, 0) is 25.8 Å². The first kappa shape index (κ1) is 12.0. The van der Waals surface area contributed by atoms with Crippen LogP contribution in [0.5, 0.6) is 0 Å². The van der Waals surface area contributed by atoms with Crippen molar-refractivity contribution in [1.29, 1.82) is 0 Å². The summed E-state index contributed by atoms with van der Waals surface area (Å²) in [7, 11) is 0. The van der Waals surface area contributed by atoms with E-state index in [0.29, 0.717) is 5.92 Å². The highest BCUT2D eigenvalue weighted by Gasteiger charge is 2.14. The maximum atomic E-state index is 5.60. The minimum atomic E-state index is 0.243. The van der Waals surface area contributed by atoms with E-state index in [1.165, 1.54) is 5.56 Å². The normalized spacial score (nSPS) is 14.5. The summed E-state index contributed by atoms with van der Waals surface area (Å²) in [6.45, 7) is 8.78. The standard InChI is InChI=1S/C14H20O/c1-4-14(12(3)15-5-2)11-13-9-7-6-8-10-13/h4,6-10,12,14H,1,5,11H2,2-3H3. The monoisotopic (exact) mass is 204 g/mol. The summed E-state index contributed by atoms with van der Waals surface area (Å²) in [4.78, 5) is 0. The van der Waals surface area contributed by atoms with Gasteiger partial charge in [-0.2, -0.15) is 0 Å². The van der Waals surface area contributed by atoms with Crippen LogP contribution in [0.25, 0.3) is 0 Å². The van der Waals surface area contributed by atoms with Crippen molar-refractivity contribution in [2.75, 3.05) is 6.61 Å². The first-order chi connectivity index (χ1) is 7.27. The third-order valence-corrected chi connectivity index (χ3v) is 2.65. The molecule has 15 heavy (non-hydrogen) atoms. The molecule has 0 saturated carbocycles. The molecule has 2 atom stereocenters. The van der Waals surface area contributed by atoms with Crippen molar-refractivity contribution in [3.63, 3.8) is 0 Å². The van der Waals surface area contributed by atoms with Crippen molar-refractivity contribution in [1.82, 2.24) is 0 Å². The van der Waals surface area contributed by atoms with E-state index in [-0.39, 0.29) is 6.10 Å². The fourth-order valence-corrected chi connectivity index (χ4v) is 1.71. The lowest BCUT2D eigenvalue weighted by molar-refractivity contribution is 0.0475. The molecular weight excluding hydrogens is 184 g/mol. The number of rotatable bonds is 6. The Hall–Kier alpha value is -1.08. The van der Waals surface area contributed by atoms with Crippen LogP contribution in [0.4, 0.5) is 0 Å². The van der Waals surface area contributed by atoms with Crippen LogP contribution < -0.4 is 0 Å². The van der Waals surface area contributed by atoms with Crippen LogP contribution in [0.15, 0.2) is 43.0 Å². The lowest BCUT2D eigenvalue weighted by atomic mass is 9.95. The fourth-order valence-electron chi connectivity index (χ4n) is 1.71. The zero-order valence-corrected chi connectivity index (χ0v) is 9.65. The average Bonchev–Trinajstić information content (AvgIpc) is 2.27. The third kappa shape index (κ3) is 3.88. The zero-order chi connectivity index (χ0) is 11.1. The molecule has 0 amide bonds. The van der Waals surface area contributed by atoms with Crippen molar-refractivity contribution in [3.05, 3.63) is 48.6 Å². The minimum Gasteiger partial charge on any atom is -0.378 e. The molecule has 2 unspecified atom stereocenters. The van der Waals surface area contributed by atoms with Crippen LogP contribution in [0.3, 0.4) is 0 Å². The smallest absolute Gasteiger partial charge is 0.0612 e. The molecule has 82 valence electrons. The molecule has 1 heteroatoms. The first-order valence-corrected chi connectivity index (χ1v) is 5.56. The van der Waals surface area contributed by atoms with Crippen molar-refractivity contribution in [2.24, 2.45) is 5.92 Å². The van der Waals surface area contributed by atoms with Gasteiger partial charge in [0.15, 0.2) is 0 Å². The van der Waals surface area contributed by atoms with Gasteiger partial charge in [-0.25, -0.2) is 0 Å². The Kier molecular flexibility index (Phi) is 5.13. The molecule has 0 aromatic heterocycles. The van der Waals surface area contributed by atoms with E-state index in [4.69, 9.17) is 4.74 Å². The van der Waals surface area contributed by atoms with Gasteiger partial charge in [0.1, 0.15) is 0 Å². The van der Waals surface area contributed by atoms with Gasteiger partial charge in [0.25, 0.3) is 0 Å². The van der Waals surface area contributed by atoms with Crippen molar-refractivity contribution < 1.29 is 4.74 Å². The molecule has 0 heterocycles. The summed E-state index contributed by atoms with van der Waals surface area (Å²) >= 11 is 0. The molecule has 0 aliphatic carbocycles. The molecule has 0 spiro atoms. The van der Waals surface area contributed by atoms with Crippen LogP contribution in [-0.4, -0.2) is 12.7 Å². The highest BCUT2D eigenvalue weighted by Crippen LogP contribution is 2.15. The van der Waals surface area contributed by atoms with E-state index in [2.05, 4.69) is 37.8 Å². The van der Waals surface area contributed by atoms with Gasteiger partial charge >= 0.3 is 0 Å². The van der Waals surface area contributed by atoms with Crippen LogP contribution in [0.1, 0.15) is 19.4 Å². The molecule has 1 aromatic rings. The van der Waals surface area contributed by atoms with Gasteiger partial charge in [0, 0.05) is 12.5 Å². The maximum absolute atomic E-state index is 5.60. The van der Waals surface area contributed by atoms with Crippen LogP contribution in [0, 0.1) is 5.92 Å². The van der Waals surface area contributed by atoms with Gasteiger partial charge in [-0.15, -0.1) is 6.58 Å². The van der Waals surface area contributed by atoms with Crippen LogP contribution in [-0.2, 0) is 11.2 Å². The van der Waals surface area contributed by atoms with Gasteiger partial charge in [0.05, 0.1) is 6.10 Å². The Labute approximate surface area is 92.8 Å². The number of hydrogen-bond acceptors (Lipinski definition) is 1. The summed E-state index contributed by atoms with van der Waals surface area (Å²) in [5.74, 6) is 0.396. The predicted octanol–water partition coefficient (Wildman–Crippen LogP) is 3.46. The van der Waals surface area contributed by atoms with Gasteiger partial charge in [-0.3, -0.25) is 0 Å². The van der Waals surface area contributed by atoms with E-state index >= 15 is 0 Å². The molecule has 0 saturated heterocycles. The Morgan fingerprint density at radius 3 is 2.53 bits per heavy atom. The number of hydrogen-bond donors (Lipinski definition) is 0. The van der Waals surface area contributed by atoms with Crippen molar-refractivity contribution in [3.8, 4) is 0 Å². The quantitative estimate of drug-likeness (QED) is 0.645. The van der Waals surface area contributed by atoms with E-state index in [1.807, 2.05) is 19.1 Å². The first-order valence-electron chi connectivity index (χ1n) is 5.56. The Balaban J connectivity index is 2.57. The van der Waals surface area contributed by atoms with Crippen LogP contribution in [0.2, 0.25) is 0 Å². The van der Waals surface area contributed by atoms with Gasteiger partial charge in [0.2, 0.25) is 0 Å². The molecule has 0 N–H and O–H groups in total. The van der Waals surface area contributed by atoms with Crippen molar-refractivity contribution in [2.45, 2.75) is 26.4 Å². The topological polar surface area (TPSA) is 9.23 Å². The van der Waals surface area contributed by atoms with E-state index < -0.39 is 0 Å². The second-order valence-corrected chi connectivity index (χ2v) is 3.75. The van der Waals surface area contributed by atoms with Crippen LogP contribution >= 0.6 is 0 Å². The third-order valence-electron chi connectivity index (χ3n) is 2.65. The number of benzene rings is 1. The van der Waals surface area contributed by atoms with Gasteiger partial charge < -0.3 is 4.74 Å². The lowest BCUT2D eigenvalue weighted by Gasteiger charge is -2.20. The van der Waals surface area contributed by atoms with E-state index in [9.17, 15) is 0 Å². The Bertz CT molecular complexity index is 279. The molecule has 0 radical (unpaired) electrons. The molecule has 0 aliphatic rings. The second kappa shape index (κ2) is 6.41. The summed E-state index contributed by atoms with van der Waals surface area (Å²) in [5.41, 5.74) is 1.34. The summed E-state index contributed by atoms with van der Waals surface area (Å²) in [6.07, 6.45) is 3.24. The largest absolute Gasteiger partial charge is 0.378 e. The Morgan fingerprint density at radius 1 is 1.33 bits per heavy atom. The highest BCUT2D eigenvalue weighted by atomic mass is 16.5. The molecule has 1 nitrogen and oxygen atoms in total. The number of ether oxygens (including phenoxy) is 1. The van der Waals surface area contributed by atoms with E-state index in [0.717, 1.165) is 13.0 Å². The second-order valence-electron chi connectivity index (χ2n) is 3.75. The van der Waals surface area contributed by atoms with Gasteiger partial charge in [-0.1, -0.05) is 36.4 Å². The molecular formula is C14H20O. The summed E-state index contributed by atoms with van der Waals surface area (Å²) in [6, 6.07) is 10.5. The summed E-state index contributed by atoms with van der Waals surface area (Å²) < 4.78 is 5.60. The molecule has 0 aliphatic heterocycles. The summed E-state index contributed by atoms with van der Waals surface area (Å²) in [5, 5.41) is 0. The Morgan fingerprint density at radius 2 is 2.00 bits per heavy atom. The van der Waals surface area contributed by atoms with E-state index in [1.54, 1.807) is 0 Å². The zero-order valence-electron chi connectivity index (χ0n) is 9.65. The predicted molar refractivity (Wildman–Crippen MR) is 64.9 cm³/mol. The average molecular weight is 204 g/mol. The van der Waals surface area contributed by atoms with Crippen molar-refractivity contribution >= 4 is 0 Å². The highest BCUT2D eigenvalue weighted by molar-refractivity contribution is 5.16. The lowest BCUT2D eigenvalue weighted by Crippen LogP contribution is -2.20. The SMILES string of the molecule is C=CC(Cc1ccccc1)C(C)OCC. The molecule has 0 bridgehead atoms. The molecule has 0 fully saturated rings. The fraction of sp³-hybridized carbons (Fsp3) is 0.429. The minimum absolute atomic E-state index is 0.243. The molecule has 1 rings (SSSR count). The maximum Gasteiger partial charge on any atom is 0.0612 e. The molecule has 1 aromatic carbocycles.